The van der Waals surface area contributed by atoms with E-state index in [2.05, 4.69) is 10.6 Å². The van der Waals surface area contributed by atoms with E-state index in [1.54, 1.807) is 37.4 Å². The van der Waals surface area contributed by atoms with Crippen molar-refractivity contribution in [1.82, 2.24) is 5.32 Å². The molecule has 0 saturated carbocycles. The Bertz CT molecular complexity index is 1110. The third-order valence-electron chi connectivity index (χ3n) is 5.33. The predicted molar refractivity (Wildman–Crippen MR) is 130 cm³/mol. The van der Waals surface area contributed by atoms with Crippen LogP contribution in [-0.2, 0) is 0 Å². The van der Waals surface area contributed by atoms with Crippen LogP contribution >= 0.6 is 0 Å². The van der Waals surface area contributed by atoms with Gasteiger partial charge in [-0.15, -0.1) is 0 Å². The Morgan fingerprint density at radius 3 is 2.27 bits per heavy atom. The second-order valence-electron chi connectivity index (χ2n) is 7.51. The van der Waals surface area contributed by atoms with Crippen LogP contribution in [0.2, 0.25) is 0 Å². The molecule has 7 nitrogen and oxygen atoms in total. The maximum Gasteiger partial charge on any atom is 0.319 e. The number of urea groups is 1. The number of benzene rings is 3. The first kappa shape index (κ1) is 23.7. The van der Waals surface area contributed by atoms with Crippen molar-refractivity contribution in [2.45, 2.75) is 32.7 Å². The van der Waals surface area contributed by atoms with Crippen LogP contribution in [0.15, 0.2) is 66.7 Å². The van der Waals surface area contributed by atoms with Crippen molar-refractivity contribution in [2.24, 2.45) is 5.73 Å². The van der Waals surface area contributed by atoms with E-state index in [0.717, 1.165) is 24.0 Å². The smallest absolute Gasteiger partial charge is 0.319 e. The van der Waals surface area contributed by atoms with Crippen LogP contribution in [0, 0.1) is 0 Å². The van der Waals surface area contributed by atoms with Crippen LogP contribution in [0.5, 0.6) is 17.2 Å². The lowest BCUT2D eigenvalue weighted by Crippen LogP contribution is -2.37. The molecule has 3 aromatic rings. The van der Waals surface area contributed by atoms with E-state index in [1.807, 2.05) is 50.2 Å². The number of carbonyl (C=O) groups is 2. The molecule has 0 bridgehead atoms. The van der Waals surface area contributed by atoms with Gasteiger partial charge in [-0.05, 0) is 54.3 Å². The summed E-state index contributed by atoms with van der Waals surface area (Å²) >= 11 is 0. The molecule has 0 aliphatic rings. The van der Waals surface area contributed by atoms with Crippen LogP contribution in [0.25, 0.3) is 11.1 Å². The molecule has 172 valence electrons. The van der Waals surface area contributed by atoms with E-state index in [-0.39, 0.29) is 12.1 Å². The van der Waals surface area contributed by atoms with Crippen molar-refractivity contribution in [2.75, 3.05) is 12.4 Å². The molecule has 4 N–H and O–H groups in total. The molecule has 7 heteroatoms. The van der Waals surface area contributed by atoms with Gasteiger partial charge in [-0.1, -0.05) is 44.2 Å². The first-order chi connectivity index (χ1) is 15.9. The fraction of sp³-hybridized carbons (Fsp3) is 0.231. The molecule has 0 aliphatic heterocycles. The Balaban J connectivity index is 1.73. The largest absolute Gasteiger partial charge is 0.493 e. The van der Waals surface area contributed by atoms with E-state index in [4.69, 9.17) is 15.2 Å². The predicted octanol–water partition coefficient (Wildman–Crippen LogP) is 5.56. The number of ether oxygens (including phenoxy) is 2. The highest BCUT2D eigenvalue weighted by atomic mass is 16.5. The van der Waals surface area contributed by atoms with Gasteiger partial charge in [0.05, 0.1) is 7.11 Å². The number of amides is 3. The zero-order chi connectivity index (χ0) is 23.8. The van der Waals surface area contributed by atoms with E-state index in [1.165, 1.54) is 0 Å². The standard InChI is InChI=1S/C26H29N3O4/c1-4-18(5-2)28-26(31)29-19-12-15-23(24(16-19)32-3)33-20-13-10-17(11-14-20)21-8-6-7-9-22(21)25(27)30/h6-16,18H,4-5H2,1-3H3,(H2,27,30)(H2,28,29,31). The minimum absolute atomic E-state index is 0.132. The minimum atomic E-state index is -0.474. The first-order valence-corrected chi connectivity index (χ1v) is 10.9. The van der Waals surface area contributed by atoms with E-state index >= 15 is 0 Å². The first-order valence-electron chi connectivity index (χ1n) is 10.9. The highest BCUT2D eigenvalue weighted by molar-refractivity contribution is 5.99. The summed E-state index contributed by atoms with van der Waals surface area (Å²) in [7, 11) is 1.54. The molecule has 0 atom stereocenters. The number of carbonyl (C=O) groups excluding carboxylic acids is 2. The summed E-state index contributed by atoms with van der Waals surface area (Å²) < 4.78 is 11.4. The van der Waals surface area contributed by atoms with Crippen LogP contribution in [0.4, 0.5) is 10.5 Å². The van der Waals surface area contributed by atoms with Gasteiger partial charge in [-0.25, -0.2) is 4.79 Å². The van der Waals surface area contributed by atoms with E-state index < -0.39 is 5.91 Å². The van der Waals surface area contributed by atoms with Crippen LogP contribution < -0.4 is 25.8 Å². The maximum atomic E-state index is 12.2. The number of nitrogens with one attached hydrogen (secondary N) is 2. The summed E-state index contributed by atoms with van der Waals surface area (Å²) in [4.78, 5) is 23.9. The van der Waals surface area contributed by atoms with Crippen molar-refractivity contribution in [3.63, 3.8) is 0 Å². The third-order valence-corrected chi connectivity index (χ3v) is 5.33. The molecular formula is C26H29N3O4. The van der Waals surface area contributed by atoms with Crippen LogP contribution in [0.1, 0.15) is 37.0 Å². The van der Waals surface area contributed by atoms with Crippen molar-refractivity contribution in [3.8, 4) is 28.4 Å². The summed E-state index contributed by atoms with van der Waals surface area (Å²) in [5.74, 6) is 1.12. The fourth-order valence-electron chi connectivity index (χ4n) is 3.45. The zero-order valence-corrected chi connectivity index (χ0v) is 19.1. The number of methoxy groups -OCH3 is 1. The molecule has 0 aromatic heterocycles. The maximum absolute atomic E-state index is 12.2. The van der Waals surface area contributed by atoms with Gasteiger partial charge in [0.2, 0.25) is 5.91 Å². The number of anilines is 1. The van der Waals surface area contributed by atoms with E-state index in [0.29, 0.717) is 28.5 Å². The molecule has 33 heavy (non-hydrogen) atoms. The second-order valence-corrected chi connectivity index (χ2v) is 7.51. The lowest BCUT2D eigenvalue weighted by Gasteiger charge is -2.16. The second kappa shape index (κ2) is 11.0. The Labute approximate surface area is 193 Å². The van der Waals surface area contributed by atoms with Gasteiger partial charge >= 0.3 is 6.03 Å². The Morgan fingerprint density at radius 2 is 1.64 bits per heavy atom. The summed E-state index contributed by atoms with van der Waals surface area (Å²) in [5, 5.41) is 5.76. The van der Waals surface area contributed by atoms with Gasteiger partial charge in [0.15, 0.2) is 11.5 Å². The average molecular weight is 448 g/mol. The van der Waals surface area contributed by atoms with Crippen molar-refractivity contribution >= 4 is 17.6 Å². The summed E-state index contributed by atoms with van der Waals surface area (Å²) in [6.45, 7) is 4.07. The molecule has 3 rings (SSSR count). The number of primary amides is 1. The quantitative estimate of drug-likeness (QED) is 0.399. The zero-order valence-electron chi connectivity index (χ0n) is 19.1. The molecule has 3 aromatic carbocycles. The lowest BCUT2D eigenvalue weighted by molar-refractivity contribution is 0.100. The van der Waals surface area contributed by atoms with Crippen molar-refractivity contribution < 1.29 is 19.1 Å². The molecule has 0 spiro atoms. The van der Waals surface area contributed by atoms with Gasteiger partial charge in [0, 0.05) is 23.4 Å². The SMILES string of the molecule is CCC(CC)NC(=O)Nc1ccc(Oc2ccc(-c3ccccc3C(N)=O)cc2)c(OC)c1. The highest BCUT2D eigenvalue weighted by Gasteiger charge is 2.13. The summed E-state index contributed by atoms with van der Waals surface area (Å²) in [6, 6.07) is 19.6. The molecule has 0 heterocycles. The summed E-state index contributed by atoms with van der Waals surface area (Å²) in [5.41, 5.74) is 8.16. The normalized spacial score (nSPS) is 10.5. The topological polar surface area (TPSA) is 103 Å². The number of nitrogens with two attached hydrogens (primary N) is 1. The lowest BCUT2D eigenvalue weighted by atomic mass is 9.99. The Hall–Kier alpha value is -4.00. The van der Waals surface area contributed by atoms with Gasteiger partial charge in [-0.3, -0.25) is 4.79 Å². The van der Waals surface area contributed by atoms with Crippen molar-refractivity contribution in [3.05, 3.63) is 72.3 Å². The van der Waals surface area contributed by atoms with Gasteiger partial charge in [-0.2, -0.15) is 0 Å². The molecule has 0 aliphatic carbocycles. The molecule has 0 fully saturated rings. The number of hydrogen-bond donors (Lipinski definition) is 3. The van der Waals surface area contributed by atoms with Crippen molar-refractivity contribution in [1.29, 1.82) is 0 Å². The minimum Gasteiger partial charge on any atom is -0.493 e. The highest BCUT2D eigenvalue weighted by Crippen LogP contribution is 2.35. The van der Waals surface area contributed by atoms with Crippen LogP contribution in [0.3, 0.4) is 0 Å². The van der Waals surface area contributed by atoms with Gasteiger partial charge in [0.1, 0.15) is 5.75 Å². The fourth-order valence-corrected chi connectivity index (χ4v) is 3.45. The van der Waals surface area contributed by atoms with Crippen LogP contribution in [-0.4, -0.2) is 25.1 Å². The van der Waals surface area contributed by atoms with Gasteiger partial charge < -0.3 is 25.8 Å². The molecular weight excluding hydrogens is 418 g/mol. The monoisotopic (exact) mass is 447 g/mol. The Morgan fingerprint density at radius 1 is 0.939 bits per heavy atom. The average Bonchev–Trinajstić information content (AvgIpc) is 2.83. The summed E-state index contributed by atoms with van der Waals surface area (Å²) in [6.07, 6.45) is 1.74. The van der Waals surface area contributed by atoms with E-state index in [9.17, 15) is 9.59 Å². The number of hydrogen-bond acceptors (Lipinski definition) is 4. The third kappa shape index (κ3) is 6.04. The number of rotatable bonds is 9. The molecule has 0 saturated heterocycles. The molecule has 3 amide bonds. The Kier molecular flexibility index (Phi) is 7.91. The molecule has 0 radical (unpaired) electrons. The molecule has 0 unspecified atom stereocenters. The van der Waals surface area contributed by atoms with Gasteiger partial charge in [0.25, 0.3) is 0 Å².